The Morgan fingerprint density at radius 1 is 1.06 bits per heavy atom. The van der Waals surface area contributed by atoms with Gasteiger partial charge < -0.3 is 5.73 Å². The van der Waals surface area contributed by atoms with Crippen LogP contribution in [0.15, 0.2) is 18.2 Å². The maximum absolute atomic E-state index is 13.3. The van der Waals surface area contributed by atoms with Crippen LogP contribution >= 0.6 is 0 Å². The van der Waals surface area contributed by atoms with Crippen LogP contribution in [0.2, 0.25) is 0 Å². The van der Waals surface area contributed by atoms with E-state index in [0.29, 0.717) is 12.8 Å². The molecule has 0 unspecified atom stereocenters. The van der Waals surface area contributed by atoms with Crippen LogP contribution in [0.25, 0.3) is 0 Å². The fraction of sp³-hybridized carbons (Fsp3) is 0.538. The lowest BCUT2D eigenvalue weighted by molar-refractivity contribution is -0.138. The normalized spacial score (nSPS) is 23.8. The molecule has 2 N–H and O–H groups in total. The third-order valence-corrected chi connectivity index (χ3v) is 4.29. The third kappa shape index (κ3) is 1.56. The second-order valence-electron chi connectivity index (χ2n) is 5.43. The molecule has 2 aliphatic carbocycles. The van der Waals surface area contributed by atoms with Crippen LogP contribution in [-0.4, -0.2) is 5.54 Å². The standard InChI is InChI=1S/C13H13F4N/c14-8-1-2-9(13(15,16)17)10(7-8)11(3-4-11)12(18)5-6-12/h1-2,7H,3-6,18H2. The summed E-state index contributed by atoms with van der Waals surface area (Å²) in [5.74, 6) is -0.631. The van der Waals surface area contributed by atoms with E-state index in [0.717, 1.165) is 31.0 Å². The summed E-state index contributed by atoms with van der Waals surface area (Å²) in [4.78, 5) is 0. The van der Waals surface area contributed by atoms with Gasteiger partial charge in [0.2, 0.25) is 0 Å². The molecule has 0 atom stereocenters. The Balaban J connectivity index is 2.14. The Labute approximate surface area is 102 Å². The molecule has 0 aliphatic heterocycles. The van der Waals surface area contributed by atoms with Crippen LogP contribution in [0.1, 0.15) is 36.8 Å². The molecule has 5 heteroatoms. The minimum atomic E-state index is -4.45. The molecular weight excluding hydrogens is 246 g/mol. The second-order valence-corrected chi connectivity index (χ2v) is 5.43. The number of rotatable bonds is 2. The van der Waals surface area contributed by atoms with Crippen molar-refractivity contribution in [1.82, 2.24) is 0 Å². The molecule has 2 saturated carbocycles. The van der Waals surface area contributed by atoms with Crippen molar-refractivity contribution in [2.24, 2.45) is 5.73 Å². The number of hydrogen-bond donors (Lipinski definition) is 1. The van der Waals surface area contributed by atoms with Crippen LogP contribution in [0.3, 0.4) is 0 Å². The average molecular weight is 259 g/mol. The molecular formula is C13H13F4N. The maximum atomic E-state index is 13.3. The van der Waals surface area contributed by atoms with Crippen molar-refractivity contribution in [2.45, 2.75) is 42.8 Å². The molecule has 1 aromatic carbocycles. The minimum absolute atomic E-state index is 0.0509. The molecule has 1 aromatic rings. The van der Waals surface area contributed by atoms with Gasteiger partial charge in [-0.05, 0) is 49.4 Å². The molecule has 98 valence electrons. The van der Waals surface area contributed by atoms with E-state index in [9.17, 15) is 17.6 Å². The second kappa shape index (κ2) is 3.26. The van der Waals surface area contributed by atoms with E-state index in [4.69, 9.17) is 5.73 Å². The highest BCUT2D eigenvalue weighted by Crippen LogP contribution is 2.65. The zero-order chi connectivity index (χ0) is 13.2. The summed E-state index contributed by atoms with van der Waals surface area (Å²) in [7, 11) is 0. The van der Waals surface area contributed by atoms with Gasteiger partial charge in [-0.3, -0.25) is 0 Å². The van der Waals surface area contributed by atoms with Crippen molar-refractivity contribution in [2.75, 3.05) is 0 Å². The lowest BCUT2D eigenvalue weighted by Gasteiger charge is -2.26. The number of hydrogen-bond acceptors (Lipinski definition) is 1. The van der Waals surface area contributed by atoms with Gasteiger partial charge in [0, 0.05) is 11.0 Å². The van der Waals surface area contributed by atoms with Crippen molar-refractivity contribution in [1.29, 1.82) is 0 Å². The average Bonchev–Trinajstić information content (AvgIpc) is 3.10. The first kappa shape index (κ1) is 12.0. The van der Waals surface area contributed by atoms with Gasteiger partial charge in [0.25, 0.3) is 0 Å². The Kier molecular flexibility index (Phi) is 2.17. The predicted octanol–water partition coefficient (Wildman–Crippen LogP) is 3.37. The van der Waals surface area contributed by atoms with Gasteiger partial charge in [-0.1, -0.05) is 0 Å². The molecule has 0 aromatic heterocycles. The third-order valence-electron chi connectivity index (χ3n) is 4.29. The summed E-state index contributed by atoms with van der Waals surface area (Å²) in [5.41, 5.74) is 4.20. The first-order valence-electron chi connectivity index (χ1n) is 5.95. The van der Waals surface area contributed by atoms with E-state index in [1.54, 1.807) is 0 Å². The Hall–Kier alpha value is -1.10. The fourth-order valence-electron chi connectivity index (χ4n) is 2.93. The van der Waals surface area contributed by atoms with Gasteiger partial charge in [0.15, 0.2) is 0 Å². The molecule has 18 heavy (non-hydrogen) atoms. The fourth-order valence-corrected chi connectivity index (χ4v) is 2.93. The highest BCUT2D eigenvalue weighted by molar-refractivity contribution is 5.46. The summed E-state index contributed by atoms with van der Waals surface area (Å²) in [5, 5.41) is 0. The first-order chi connectivity index (χ1) is 8.29. The quantitative estimate of drug-likeness (QED) is 0.810. The van der Waals surface area contributed by atoms with Crippen LogP contribution in [0.5, 0.6) is 0 Å². The monoisotopic (exact) mass is 259 g/mol. The molecule has 0 heterocycles. The number of nitrogens with two attached hydrogens (primary N) is 1. The Morgan fingerprint density at radius 3 is 2.11 bits per heavy atom. The van der Waals surface area contributed by atoms with Crippen LogP contribution < -0.4 is 5.73 Å². The molecule has 0 bridgehead atoms. The topological polar surface area (TPSA) is 26.0 Å². The largest absolute Gasteiger partial charge is 0.416 e. The lowest BCUT2D eigenvalue weighted by Crippen LogP contribution is -2.38. The van der Waals surface area contributed by atoms with Crippen molar-refractivity contribution < 1.29 is 17.6 Å². The molecule has 2 aliphatic rings. The molecule has 2 fully saturated rings. The molecule has 3 rings (SSSR count). The van der Waals surface area contributed by atoms with Gasteiger partial charge in [-0.2, -0.15) is 13.2 Å². The van der Waals surface area contributed by atoms with Crippen molar-refractivity contribution in [3.05, 3.63) is 35.1 Å². The van der Waals surface area contributed by atoms with Gasteiger partial charge in [0.1, 0.15) is 5.82 Å². The lowest BCUT2D eigenvalue weighted by atomic mass is 9.83. The van der Waals surface area contributed by atoms with E-state index in [-0.39, 0.29) is 5.56 Å². The van der Waals surface area contributed by atoms with Crippen molar-refractivity contribution in [3.8, 4) is 0 Å². The molecule has 0 radical (unpaired) electrons. The minimum Gasteiger partial charge on any atom is -0.324 e. The maximum Gasteiger partial charge on any atom is 0.416 e. The van der Waals surface area contributed by atoms with Crippen LogP contribution in [0, 0.1) is 5.82 Å². The van der Waals surface area contributed by atoms with Gasteiger partial charge >= 0.3 is 6.18 Å². The zero-order valence-corrected chi connectivity index (χ0v) is 9.65. The molecule has 0 spiro atoms. The highest BCUT2D eigenvalue weighted by atomic mass is 19.4. The van der Waals surface area contributed by atoms with Crippen molar-refractivity contribution >= 4 is 0 Å². The zero-order valence-electron chi connectivity index (χ0n) is 9.65. The number of benzene rings is 1. The molecule has 1 nitrogen and oxygen atoms in total. The Bertz CT molecular complexity index is 498. The van der Waals surface area contributed by atoms with Crippen LogP contribution in [0.4, 0.5) is 17.6 Å². The summed E-state index contributed by atoms with van der Waals surface area (Å²) in [6.07, 6.45) is -1.77. The van der Waals surface area contributed by atoms with E-state index in [1.165, 1.54) is 0 Å². The van der Waals surface area contributed by atoms with E-state index < -0.39 is 28.5 Å². The van der Waals surface area contributed by atoms with E-state index in [2.05, 4.69) is 0 Å². The van der Waals surface area contributed by atoms with Gasteiger partial charge in [-0.25, -0.2) is 4.39 Å². The van der Waals surface area contributed by atoms with Gasteiger partial charge in [-0.15, -0.1) is 0 Å². The van der Waals surface area contributed by atoms with Crippen molar-refractivity contribution in [3.63, 3.8) is 0 Å². The van der Waals surface area contributed by atoms with Crippen LogP contribution in [-0.2, 0) is 11.6 Å². The number of alkyl halides is 3. The smallest absolute Gasteiger partial charge is 0.324 e. The summed E-state index contributed by atoms with van der Waals surface area (Å²) in [6.45, 7) is 0. The Morgan fingerprint density at radius 2 is 1.67 bits per heavy atom. The van der Waals surface area contributed by atoms with Gasteiger partial charge in [0.05, 0.1) is 5.56 Å². The summed E-state index contributed by atoms with van der Waals surface area (Å²) in [6, 6.07) is 2.71. The van der Waals surface area contributed by atoms with E-state index in [1.807, 2.05) is 0 Å². The predicted molar refractivity (Wildman–Crippen MR) is 58.5 cm³/mol. The first-order valence-corrected chi connectivity index (χ1v) is 5.95. The summed E-state index contributed by atoms with van der Waals surface area (Å²) < 4.78 is 52.2. The molecule has 0 amide bonds. The summed E-state index contributed by atoms with van der Waals surface area (Å²) >= 11 is 0. The highest BCUT2D eigenvalue weighted by Gasteiger charge is 2.65. The SMILES string of the molecule is NC1(C2(c3cc(F)ccc3C(F)(F)F)CC2)CC1. The number of halogens is 4. The molecule has 0 saturated heterocycles. The van der Waals surface area contributed by atoms with E-state index >= 15 is 0 Å².